The molecule has 0 saturated heterocycles. The van der Waals surface area contributed by atoms with Gasteiger partial charge in [0.05, 0.1) is 12.3 Å². The van der Waals surface area contributed by atoms with Gasteiger partial charge in [-0.3, -0.25) is 4.68 Å². The van der Waals surface area contributed by atoms with E-state index in [-0.39, 0.29) is 4.90 Å². The summed E-state index contributed by atoms with van der Waals surface area (Å²) in [5, 5.41) is 13.0. The van der Waals surface area contributed by atoms with Crippen LogP contribution in [0.4, 0.5) is 0 Å². The van der Waals surface area contributed by atoms with Crippen LogP contribution in [0.15, 0.2) is 17.3 Å². The van der Waals surface area contributed by atoms with Gasteiger partial charge in [0.1, 0.15) is 10.4 Å². The second-order valence-electron chi connectivity index (χ2n) is 4.36. The van der Waals surface area contributed by atoms with Gasteiger partial charge in [0.15, 0.2) is 0 Å². The van der Waals surface area contributed by atoms with Crippen molar-refractivity contribution in [3.8, 4) is 6.07 Å². The van der Waals surface area contributed by atoms with Crippen LogP contribution in [0.3, 0.4) is 0 Å². The first-order chi connectivity index (χ1) is 7.97. The highest BCUT2D eigenvalue weighted by Crippen LogP contribution is 2.30. The van der Waals surface area contributed by atoms with Crippen molar-refractivity contribution >= 4 is 10.0 Å². The zero-order valence-corrected chi connectivity index (χ0v) is 10.4. The van der Waals surface area contributed by atoms with Gasteiger partial charge in [-0.05, 0) is 12.8 Å². The van der Waals surface area contributed by atoms with E-state index in [0.717, 1.165) is 12.8 Å². The van der Waals surface area contributed by atoms with Crippen LogP contribution in [-0.4, -0.2) is 23.7 Å². The second-order valence-corrected chi connectivity index (χ2v) is 6.04. The average molecular weight is 254 g/mol. The van der Waals surface area contributed by atoms with E-state index < -0.39 is 15.6 Å². The summed E-state index contributed by atoms with van der Waals surface area (Å²) < 4.78 is 28.0. The van der Waals surface area contributed by atoms with Crippen LogP contribution >= 0.6 is 0 Å². The maximum absolute atomic E-state index is 12.1. The Kier molecular flexibility index (Phi) is 2.93. The topological polar surface area (TPSA) is 87.8 Å². The van der Waals surface area contributed by atoms with Crippen LogP contribution in [-0.2, 0) is 17.1 Å². The molecule has 1 N–H and O–H groups in total. The van der Waals surface area contributed by atoms with Crippen molar-refractivity contribution in [1.29, 1.82) is 5.26 Å². The maximum Gasteiger partial charge on any atom is 0.245 e. The normalized spacial score (nSPS) is 19.1. The van der Waals surface area contributed by atoms with E-state index in [9.17, 15) is 8.42 Å². The fourth-order valence-corrected chi connectivity index (χ4v) is 3.43. The molecule has 0 atom stereocenters. The van der Waals surface area contributed by atoms with Gasteiger partial charge < -0.3 is 0 Å². The maximum atomic E-state index is 12.1. The van der Waals surface area contributed by atoms with Gasteiger partial charge in [-0.15, -0.1) is 0 Å². The smallest absolute Gasteiger partial charge is 0.245 e. The molecule has 1 fully saturated rings. The fourth-order valence-electron chi connectivity index (χ4n) is 2.07. The Balaban J connectivity index is 2.26. The Hall–Kier alpha value is -1.39. The van der Waals surface area contributed by atoms with E-state index in [1.165, 1.54) is 17.1 Å². The van der Waals surface area contributed by atoms with Crippen molar-refractivity contribution in [2.75, 3.05) is 0 Å². The van der Waals surface area contributed by atoms with Gasteiger partial charge in [0.25, 0.3) is 0 Å². The molecular formula is C10H14N4O2S. The van der Waals surface area contributed by atoms with E-state index >= 15 is 0 Å². The molecule has 92 valence electrons. The van der Waals surface area contributed by atoms with Crippen molar-refractivity contribution in [3.05, 3.63) is 12.4 Å². The Bertz CT molecular complexity index is 549. The van der Waals surface area contributed by atoms with E-state index in [1.54, 1.807) is 7.05 Å². The molecule has 0 bridgehead atoms. The van der Waals surface area contributed by atoms with E-state index in [0.29, 0.717) is 12.8 Å². The van der Waals surface area contributed by atoms with Crippen molar-refractivity contribution < 1.29 is 8.42 Å². The molecule has 1 aliphatic carbocycles. The number of hydrogen-bond acceptors (Lipinski definition) is 4. The highest BCUT2D eigenvalue weighted by molar-refractivity contribution is 7.89. The summed E-state index contributed by atoms with van der Waals surface area (Å²) in [5.41, 5.74) is -0.936. The lowest BCUT2D eigenvalue weighted by Crippen LogP contribution is -2.44. The number of hydrogen-bond donors (Lipinski definition) is 1. The van der Waals surface area contributed by atoms with Crippen molar-refractivity contribution in [3.63, 3.8) is 0 Å². The fraction of sp³-hybridized carbons (Fsp3) is 0.600. The molecule has 0 amide bonds. The van der Waals surface area contributed by atoms with Crippen molar-refractivity contribution in [2.45, 2.75) is 36.1 Å². The Morgan fingerprint density at radius 1 is 1.53 bits per heavy atom. The summed E-state index contributed by atoms with van der Waals surface area (Å²) in [6.07, 6.45) is 5.60. The average Bonchev–Trinajstić information content (AvgIpc) is 2.87. The predicted octanol–water partition coefficient (Wildman–Crippen LogP) is 0.535. The molecule has 1 aliphatic rings. The molecule has 0 aliphatic heterocycles. The molecule has 0 radical (unpaired) electrons. The number of aromatic nitrogens is 2. The number of nitriles is 1. The van der Waals surface area contributed by atoms with Gasteiger partial charge in [0, 0.05) is 13.2 Å². The first-order valence-electron chi connectivity index (χ1n) is 5.41. The third-order valence-corrected chi connectivity index (χ3v) is 4.48. The molecule has 1 aromatic heterocycles. The van der Waals surface area contributed by atoms with Gasteiger partial charge in [0.2, 0.25) is 10.0 Å². The molecule has 1 heterocycles. The highest BCUT2D eigenvalue weighted by atomic mass is 32.2. The summed E-state index contributed by atoms with van der Waals surface area (Å²) in [4.78, 5) is 0.0986. The zero-order valence-electron chi connectivity index (χ0n) is 9.55. The molecule has 0 aromatic carbocycles. The minimum atomic E-state index is -3.65. The molecule has 6 nitrogen and oxygen atoms in total. The van der Waals surface area contributed by atoms with Gasteiger partial charge >= 0.3 is 0 Å². The predicted molar refractivity (Wildman–Crippen MR) is 60.3 cm³/mol. The zero-order chi connectivity index (χ0) is 12.5. The molecule has 0 unspecified atom stereocenters. The Labute approximate surface area is 100 Å². The lowest BCUT2D eigenvalue weighted by atomic mass is 10.0. The molecule has 17 heavy (non-hydrogen) atoms. The summed E-state index contributed by atoms with van der Waals surface area (Å²) in [5.74, 6) is 0. The molecule has 0 spiro atoms. The Morgan fingerprint density at radius 2 is 2.18 bits per heavy atom. The minimum Gasteiger partial charge on any atom is -0.274 e. The minimum absolute atomic E-state index is 0.0986. The molecule has 2 rings (SSSR count). The number of rotatable bonds is 3. The SMILES string of the molecule is Cn1cc(S(=O)(=O)NC2(C#N)CCCC2)cn1. The van der Waals surface area contributed by atoms with Crippen LogP contribution in [0.25, 0.3) is 0 Å². The number of aryl methyl sites for hydroxylation is 1. The van der Waals surface area contributed by atoms with Gasteiger partial charge in [-0.2, -0.15) is 15.1 Å². The van der Waals surface area contributed by atoms with Crippen LogP contribution < -0.4 is 4.72 Å². The van der Waals surface area contributed by atoms with Crippen LogP contribution in [0.1, 0.15) is 25.7 Å². The second kappa shape index (κ2) is 4.13. The summed E-state index contributed by atoms with van der Waals surface area (Å²) >= 11 is 0. The van der Waals surface area contributed by atoms with Crippen LogP contribution in [0.2, 0.25) is 0 Å². The summed E-state index contributed by atoms with van der Waals surface area (Å²) in [6, 6.07) is 2.09. The third kappa shape index (κ3) is 2.33. The van der Waals surface area contributed by atoms with Crippen LogP contribution in [0.5, 0.6) is 0 Å². The highest BCUT2D eigenvalue weighted by Gasteiger charge is 2.38. The molecule has 1 saturated carbocycles. The molecule has 7 heteroatoms. The Morgan fingerprint density at radius 3 is 2.65 bits per heavy atom. The van der Waals surface area contributed by atoms with Gasteiger partial charge in [-0.25, -0.2) is 8.42 Å². The van der Waals surface area contributed by atoms with E-state index in [2.05, 4.69) is 15.9 Å². The van der Waals surface area contributed by atoms with E-state index in [4.69, 9.17) is 5.26 Å². The molecular weight excluding hydrogens is 240 g/mol. The van der Waals surface area contributed by atoms with Crippen molar-refractivity contribution in [1.82, 2.24) is 14.5 Å². The first-order valence-corrected chi connectivity index (χ1v) is 6.90. The summed E-state index contributed by atoms with van der Waals surface area (Å²) in [6.45, 7) is 0. The number of sulfonamides is 1. The lowest BCUT2D eigenvalue weighted by molar-refractivity contribution is 0.485. The molecule has 1 aromatic rings. The van der Waals surface area contributed by atoms with Gasteiger partial charge in [-0.1, -0.05) is 12.8 Å². The van der Waals surface area contributed by atoms with E-state index in [1.807, 2.05) is 0 Å². The van der Waals surface area contributed by atoms with Crippen molar-refractivity contribution in [2.24, 2.45) is 7.05 Å². The standard InChI is InChI=1S/C10H14N4O2S/c1-14-7-9(6-12-14)17(15,16)13-10(8-11)4-2-3-5-10/h6-7,13H,2-5H2,1H3. The largest absolute Gasteiger partial charge is 0.274 e. The number of nitrogens with zero attached hydrogens (tertiary/aromatic N) is 3. The lowest BCUT2D eigenvalue weighted by Gasteiger charge is -2.20. The monoisotopic (exact) mass is 254 g/mol. The number of nitrogens with one attached hydrogen (secondary N) is 1. The summed E-state index contributed by atoms with van der Waals surface area (Å²) in [7, 11) is -2.00. The third-order valence-electron chi connectivity index (χ3n) is 2.99. The first kappa shape index (κ1) is 12.1. The quantitative estimate of drug-likeness (QED) is 0.852. The van der Waals surface area contributed by atoms with Crippen LogP contribution in [0, 0.1) is 11.3 Å².